The lowest BCUT2D eigenvalue weighted by molar-refractivity contribution is 0.0869. The number of halogens is 1. The van der Waals surface area contributed by atoms with Crippen LogP contribution in [-0.4, -0.2) is 10.2 Å². The quantitative estimate of drug-likeness (QED) is 0.733. The molecule has 18 heavy (non-hydrogen) atoms. The molecule has 1 heterocycles. The van der Waals surface area contributed by atoms with Crippen molar-refractivity contribution >= 4 is 29.5 Å². The van der Waals surface area contributed by atoms with Gasteiger partial charge in [-0.3, -0.25) is 9.10 Å². The van der Waals surface area contributed by atoms with Crippen LogP contribution in [0.4, 0.5) is 0 Å². The maximum Gasteiger partial charge on any atom is 0.264 e. The van der Waals surface area contributed by atoms with E-state index in [0.29, 0.717) is 17.1 Å². The zero-order chi connectivity index (χ0) is 12.5. The summed E-state index contributed by atoms with van der Waals surface area (Å²) in [6, 6.07) is 15.0. The van der Waals surface area contributed by atoms with Crippen LogP contribution in [0, 0.1) is 0 Å². The van der Waals surface area contributed by atoms with Crippen LogP contribution in [-0.2, 0) is 6.54 Å². The Bertz CT molecular complexity index is 600. The number of benzene rings is 2. The highest BCUT2D eigenvalue weighted by Crippen LogP contribution is 2.37. The average Bonchev–Trinajstić information content (AvgIpc) is 2.81. The lowest BCUT2D eigenvalue weighted by atomic mass is 10.2. The molecule has 0 fully saturated rings. The Morgan fingerprint density at radius 1 is 1.17 bits per heavy atom. The van der Waals surface area contributed by atoms with Crippen LogP contribution >= 0.6 is 23.5 Å². The zero-order valence-electron chi connectivity index (χ0n) is 9.47. The van der Waals surface area contributed by atoms with Gasteiger partial charge in [0.05, 0.1) is 6.54 Å². The Kier molecular flexibility index (Phi) is 3.02. The van der Waals surface area contributed by atoms with Gasteiger partial charge in [0.15, 0.2) is 0 Å². The number of fused-ring (bicyclic) bond motifs is 1. The fourth-order valence-electron chi connectivity index (χ4n) is 1.90. The van der Waals surface area contributed by atoms with Crippen molar-refractivity contribution in [2.75, 3.05) is 0 Å². The standard InChI is InChI=1S/C14H10ClNOS/c15-12-6-7-13-11(8-12)9-16(18-13)14(17)10-4-2-1-3-5-10/h1-8H,9H2. The van der Waals surface area contributed by atoms with Gasteiger partial charge >= 0.3 is 0 Å². The molecule has 3 rings (SSSR count). The molecule has 2 aromatic carbocycles. The number of carbonyl (C=O) groups is 1. The highest BCUT2D eigenvalue weighted by molar-refractivity contribution is 7.97. The van der Waals surface area contributed by atoms with Crippen molar-refractivity contribution < 1.29 is 4.79 Å². The highest BCUT2D eigenvalue weighted by atomic mass is 35.5. The van der Waals surface area contributed by atoms with E-state index in [1.165, 1.54) is 11.9 Å². The number of hydrogen-bond donors (Lipinski definition) is 0. The second-order valence-corrected chi connectivity index (χ2v) is 5.55. The maximum atomic E-state index is 12.3. The Balaban J connectivity index is 1.84. The molecule has 0 radical (unpaired) electrons. The maximum absolute atomic E-state index is 12.3. The summed E-state index contributed by atoms with van der Waals surface area (Å²) < 4.78 is 1.76. The molecule has 1 aliphatic rings. The van der Waals surface area contributed by atoms with Crippen LogP contribution in [0.1, 0.15) is 15.9 Å². The molecular weight excluding hydrogens is 266 g/mol. The molecule has 0 bridgehead atoms. The van der Waals surface area contributed by atoms with Crippen molar-refractivity contribution in [1.82, 2.24) is 4.31 Å². The summed E-state index contributed by atoms with van der Waals surface area (Å²) in [7, 11) is 0. The van der Waals surface area contributed by atoms with Crippen molar-refractivity contribution in [1.29, 1.82) is 0 Å². The molecule has 0 saturated carbocycles. The molecule has 90 valence electrons. The first kappa shape index (κ1) is 11.6. The minimum Gasteiger partial charge on any atom is -0.274 e. The zero-order valence-corrected chi connectivity index (χ0v) is 11.0. The molecule has 2 nitrogen and oxygen atoms in total. The van der Waals surface area contributed by atoms with Gasteiger partial charge < -0.3 is 0 Å². The predicted octanol–water partition coefficient (Wildman–Crippen LogP) is 4.00. The minimum absolute atomic E-state index is 0.0351. The number of amides is 1. The van der Waals surface area contributed by atoms with Crippen LogP contribution in [0.25, 0.3) is 0 Å². The van der Waals surface area contributed by atoms with E-state index in [2.05, 4.69) is 0 Å². The van der Waals surface area contributed by atoms with Crippen molar-refractivity contribution in [3.8, 4) is 0 Å². The first-order valence-electron chi connectivity index (χ1n) is 5.57. The summed E-state index contributed by atoms with van der Waals surface area (Å²) in [5, 5.41) is 0.711. The van der Waals surface area contributed by atoms with Crippen molar-refractivity contribution in [3.63, 3.8) is 0 Å². The molecule has 1 aliphatic heterocycles. The van der Waals surface area contributed by atoms with Crippen LogP contribution in [0.3, 0.4) is 0 Å². The Hall–Kier alpha value is -1.45. The lowest BCUT2D eigenvalue weighted by Gasteiger charge is -2.13. The second kappa shape index (κ2) is 4.67. The van der Waals surface area contributed by atoms with E-state index >= 15 is 0 Å². The number of hydrogen-bond acceptors (Lipinski definition) is 2. The van der Waals surface area contributed by atoms with Gasteiger partial charge in [-0.2, -0.15) is 0 Å². The molecular formula is C14H10ClNOS. The molecule has 0 spiro atoms. The average molecular weight is 276 g/mol. The predicted molar refractivity (Wildman–Crippen MR) is 73.6 cm³/mol. The molecule has 4 heteroatoms. The van der Waals surface area contributed by atoms with Gasteiger partial charge in [0, 0.05) is 15.5 Å². The van der Waals surface area contributed by atoms with Crippen LogP contribution in [0.5, 0.6) is 0 Å². The van der Waals surface area contributed by atoms with E-state index in [9.17, 15) is 4.79 Å². The van der Waals surface area contributed by atoms with Crippen molar-refractivity contribution in [2.45, 2.75) is 11.4 Å². The largest absolute Gasteiger partial charge is 0.274 e. The second-order valence-electron chi connectivity index (χ2n) is 4.05. The van der Waals surface area contributed by atoms with Crippen molar-refractivity contribution in [2.24, 2.45) is 0 Å². The normalized spacial score (nSPS) is 13.5. The summed E-state index contributed by atoms with van der Waals surface area (Å²) in [4.78, 5) is 13.4. The fraction of sp³-hybridized carbons (Fsp3) is 0.0714. The van der Waals surface area contributed by atoms with Gasteiger partial charge in [-0.05, 0) is 47.8 Å². The fourth-order valence-corrected chi connectivity index (χ4v) is 3.10. The molecule has 2 aromatic rings. The molecule has 0 atom stereocenters. The molecule has 0 saturated heterocycles. The summed E-state index contributed by atoms with van der Waals surface area (Å²) in [5.74, 6) is 0.0351. The molecule has 0 aliphatic carbocycles. The van der Waals surface area contributed by atoms with Gasteiger partial charge in [0.25, 0.3) is 5.91 Å². The number of rotatable bonds is 1. The van der Waals surface area contributed by atoms with E-state index in [1.807, 2.05) is 48.5 Å². The number of nitrogens with zero attached hydrogens (tertiary/aromatic N) is 1. The summed E-state index contributed by atoms with van der Waals surface area (Å²) >= 11 is 7.43. The van der Waals surface area contributed by atoms with Crippen LogP contribution in [0.15, 0.2) is 53.4 Å². The lowest BCUT2D eigenvalue weighted by Crippen LogP contribution is -2.20. The molecule has 0 unspecified atom stereocenters. The summed E-state index contributed by atoms with van der Waals surface area (Å²) in [6.07, 6.45) is 0. The highest BCUT2D eigenvalue weighted by Gasteiger charge is 2.25. The smallest absolute Gasteiger partial charge is 0.264 e. The van der Waals surface area contributed by atoms with Crippen LogP contribution in [0.2, 0.25) is 5.02 Å². The summed E-state index contributed by atoms with van der Waals surface area (Å²) in [6.45, 7) is 0.605. The number of carbonyl (C=O) groups excluding carboxylic acids is 1. The van der Waals surface area contributed by atoms with Gasteiger partial charge in [0.2, 0.25) is 0 Å². The first-order chi connectivity index (χ1) is 8.74. The Morgan fingerprint density at radius 3 is 2.72 bits per heavy atom. The SMILES string of the molecule is O=C(c1ccccc1)N1Cc2cc(Cl)ccc2S1. The van der Waals surface area contributed by atoms with Gasteiger partial charge in [0.1, 0.15) is 0 Å². The summed E-state index contributed by atoms with van der Waals surface area (Å²) in [5.41, 5.74) is 1.82. The molecule has 1 amide bonds. The Labute approximate surface area is 115 Å². The van der Waals surface area contributed by atoms with E-state index in [4.69, 9.17) is 11.6 Å². The monoisotopic (exact) mass is 275 g/mol. The van der Waals surface area contributed by atoms with Gasteiger partial charge in [-0.1, -0.05) is 29.8 Å². The molecule has 0 N–H and O–H groups in total. The van der Waals surface area contributed by atoms with Crippen LogP contribution < -0.4 is 0 Å². The van der Waals surface area contributed by atoms with Gasteiger partial charge in [-0.25, -0.2) is 0 Å². The third kappa shape index (κ3) is 2.11. The van der Waals surface area contributed by atoms with E-state index in [-0.39, 0.29) is 5.91 Å². The minimum atomic E-state index is 0.0351. The topological polar surface area (TPSA) is 20.3 Å². The third-order valence-corrected chi connectivity index (χ3v) is 4.14. The van der Waals surface area contributed by atoms with E-state index in [1.54, 1.807) is 4.31 Å². The third-order valence-electron chi connectivity index (χ3n) is 2.79. The van der Waals surface area contributed by atoms with Crippen molar-refractivity contribution in [3.05, 3.63) is 64.7 Å². The van der Waals surface area contributed by atoms with E-state index < -0.39 is 0 Å². The Morgan fingerprint density at radius 2 is 1.94 bits per heavy atom. The molecule has 0 aromatic heterocycles. The van der Waals surface area contributed by atoms with Gasteiger partial charge in [-0.15, -0.1) is 0 Å². The first-order valence-corrected chi connectivity index (χ1v) is 6.72. The van der Waals surface area contributed by atoms with E-state index in [0.717, 1.165) is 10.5 Å².